The molecule has 138 valence electrons. The van der Waals surface area contributed by atoms with Gasteiger partial charge in [-0.1, -0.05) is 29.0 Å². The van der Waals surface area contributed by atoms with Crippen molar-refractivity contribution in [2.45, 2.75) is 13.3 Å². The highest BCUT2D eigenvalue weighted by Crippen LogP contribution is 2.36. The van der Waals surface area contributed by atoms with Crippen LogP contribution in [-0.4, -0.2) is 43.0 Å². The third kappa shape index (κ3) is 4.11. The summed E-state index contributed by atoms with van der Waals surface area (Å²) < 4.78 is 6.88. The van der Waals surface area contributed by atoms with Gasteiger partial charge in [0.15, 0.2) is 15.6 Å². The topological polar surface area (TPSA) is 49.6 Å². The summed E-state index contributed by atoms with van der Waals surface area (Å²) in [5.41, 5.74) is 1.87. The van der Waals surface area contributed by atoms with Crippen LogP contribution in [0.2, 0.25) is 5.02 Å². The summed E-state index contributed by atoms with van der Waals surface area (Å²) in [6.45, 7) is 3.41. The molecule has 0 spiro atoms. The van der Waals surface area contributed by atoms with E-state index in [9.17, 15) is 4.79 Å². The Morgan fingerprint density at radius 2 is 2.04 bits per heavy atom. The summed E-state index contributed by atoms with van der Waals surface area (Å²) in [7, 11) is 4.02. The molecular weight excluding hydrogens is 438 g/mol. The molecule has 0 unspecified atom stereocenters. The van der Waals surface area contributed by atoms with E-state index in [1.165, 1.54) is 11.3 Å². The Kier molecular flexibility index (Phi) is 6.02. The quantitative estimate of drug-likeness (QED) is 0.511. The fourth-order valence-corrected chi connectivity index (χ4v) is 4.25. The Hall–Kier alpha value is -1.41. The number of nitrogens with zero attached hydrogens (tertiary/aromatic N) is 3. The minimum absolute atomic E-state index is 0.206. The molecule has 0 aliphatic heterocycles. The standard InChI is InChI=1S/C18H19BrClN3O2S/c1-11-5-6-12(20)16-15(11)21-18(26-16)23(10-4-9-22(2)3)17(24)13-7-8-14(19)25-13/h5-8H,4,9-10H2,1-3H3. The molecule has 0 fully saturated rings. The van der Waals surface area contributed by atoms with Crippen molar-refractivity contribution in [3.63, 3.8) is 0 Å². The minimum atomic E-state index is -0.206. The van der Waals surface area contributed by atoms with Crippen LogP contribution in [0.15, 0.2) is 33.4 Å². The Labute approximate surface area is 169 Å². The number of anilines is 1. The first kappa shape index (κ1) is 19.4. The first-order valence-corrected chi connectivity index (χ1v) is 10.1. The normalized spacial score (nSPS) is 11.5. The van der Waals surface area contributed by atoms with Crippen molar-refractivity contribution >= 4 is 60.1 Å². The molecule has 0 aliphatic carbocycles. The maximum absolute atomic E-state index is 13.0. The van der Waals surface area contributed by atoms with Gasteiger partial charge in [-0.25, -0.2) is 4.98 Å². The first-order chi connectivity index (χ1) is 12.4. The Morgan fingerprint density at radius 1 is 1.27 bits per heavy atom. The molecule has 0 radical (unpaired) electrons. The van der Waals surface area contributed by atoms with Gasteiger partial charge in [-0.3, -0.25) is 9.69 Å². The van der Waals surface area contributed by atoms with Gasteiger partial charge in [-0.05, 0) is 73.7 Å². The van der Waals surface area contributed by atoms with Crippen LogP contribution in [0.3, 0.4) is 0 Å². The van der Waals surface area contributed by atoms with Crippen LogP contribution in [-0.2, 0) is 0 Å². The molecule has 0 aliphatic rings. The van der Waals surface area contributed by atoms with Crippen molar-refractivity contribution in [3.8, 4) is 0 Å². The number of carbonyl (C=O) groups excluding carboxylic acids is 1. The van der Waals surface area contributed by atoms with Crippen molar-refractivity contribution in [2.75, 3.05) is 32.1 Å². The molecule has 1 aromatic carbocycles. The molecule has 3 rings (SSSR count). The van der Waals surface area contributed by atoms with E-state index < -0.39 is 0 Å². The number of carbonyl (C=O) groups is 1. The zero-order valence-corrected chi connectivity index (χ0v) is 17.9. The summed E-state index contributed by atoms with van der Waals surface area (Å²) >= 11 is 11.0. The molecule has 0 saturated heterocycles. The van der Waals surface area contributed by atoms with Crippen LogP contribution in [0, 0.1) is 6.92 Å². The van der Waals surface area contributed by atoms with E-state index in [1.54, 1.807) is 17.0 Å². The third-order valence-corrected chi connectivity index (χ3v) is 5.90. The Bertz CT molecular complexity index is 899. The molecule has 0 bridgehead atoms. The van der Waals surface area contributed by atoms with Crippen LogP contribution in [0.4, 0.5) is 5.13 Å². The minimum Gasteiger partial charge on any atom is -0.444 e. The molecule has 0 N–H and O–H groups in total. The Balaban J connectivity index is 1.98. The Morgan fingerprint density at radius 3 is 2.65 bits per heavy atom. The monoisotopic (exact) mass is 455 g/mol. The number of aromatic nitrogens is 1. The van der Waals surface area contributed by atoms with E-state index >= 15 is 0 Å². The van der Waals surface area contributed by atoms with Crippen LogP contribution in [0.25, 0.3) is 10.2 Å². The van der Waals surface area contributed by atoms with Crippen molar-refractivity contribution in [1.29, 1.82) is 0 Å². The second kappa shape index (κ2) is 8.08. The first-order valence-electron chi connectivity index (χ1n) is 8.14. The second-order valence-electron chi connectivity index (χ2n) is 6.26. The van der Waals surface area contributed by atoms with E-state index in [-0.39, 0.29) is 11.7 Å². The van der Waals surface area contributed by atoms with Gasteiger partial charge in [0.1, 0.15) is 0 Å². The van der Waals surface area contributed by atoms with Crippen LogP contribution in [0.5, 0.6) is 0 Å². The number of hydrogen-bond acceptors (Lipinski definition) is 5. The van der Waals surface area contributed by atoms with Gasteiger partial charge < -0.3 is 9.32 Å². The van der Waals surface area contributed by atoms with E-state index in [1.807, 2.05) is 33.2 Å². The van der Waals surface area contributed by atoms with Gasteiger partial charge >= 0.3 is 0 Å². The number of thiazole rings is 1. The lowest BCUT2D eigenvalue weighted by Gasteiger charge is -2.19. The van der Waals surface area contributed by atoms with E-state index in [0.29, 0.717) is 21.4 Å². The van der Waals surface area contributed by atoms with Crippen LogP contribution in [0.1, 0.15) is 22.5 Å². The van der Waals surface area contributed by atoms with Gasteiger partial charge in [0.05, 0.1) is 15.2 Å². The molecule has 0 saturated carbocycles. The zero-order valence-electron chi connectivity index (χ0n) is 14.8. The number of hydrogen-bond donors (Lipinski definition) is 0. The second-order valence-corrected chi connectivity index (χ2v) is 8.42. The number of fused-ring (bicyclic) bond motifs is 1. The van der Waals surface area contributed by atoms with E-state index in [2.05, 4.69) is 20.8 Å². The zero-order chi connectivity index (χ0) is 18.8. The molecule has 5 nitrogen and oxygen atoms in total. The fourth-order valence-electron chi connectivity index (χ4n) is 2.60. The fraction of sp³-hybridized carbons (Fsp3) is 0.333. The SMILES string of the molecule is Cc1ccc(Cl)c2sc(N(CCCN(C)C)C(=O)c3ccc(Br)o3)nc12. The number of benzene rings is 1. The molecule has 2 heterocycles. The average molecular weight is 457 g/mol. The van der Waals surface area contributed by atoms with Crippen molar-refractivity contribution in [2.24, 2.45) is 0 Å². The summed E-state index contributed by atoms with van der Waals surface area (Å²) in [5, 5.41) is 1.28. The molecule has 0 atom stereocenters. The highest BCUT2D eigenvalue weighted by Gasteiger charge is 2.24. The number of rotatable bonds is 6. The lowest BCUT2D eigenvalue weighted by atomic mass is 10.2. The van der Waals surface area contributed by atoms with E-state index in [0.717, 1.165) is 28.7 Å². The van der Waals surface area contributed by atoms with Crippen LogP contribution >= 0.6 is 38.9 Å². The summed E-state index contributed by atoms with van der Waals surface area (Å²) in [5.74, 6) is 0.0751. The van der Waals surface area contributed by atoms with Gasteiger partial charge in [0.25, 0.3) is 5.91 Å². The smallest absolute Gasteiger partial charge is 0.295 e. The summed E-state index contributed by atoms with van der Waals surface area (Å²) in [4.78, 5) is 21.5. The number of aryl methyl sites for hydroxylation is 1. The average Bonchev–Trinajstić information content (AvgIpc) is 3.21. The summed E-state index contributed by atoms with van der Waals surface area (Å²) in [6, 6.07) is 7.18. The molecular formula is C18H19BrClN3O2S. The largest absolute Gasteiger partial charge is 0.444 e. The molecule has 26 heavy (non-hydrogen) atoms. The van der Waals surface area contributed by atoms with Crippen molar-refractivity contribution in [1.82, 2.24) is 9.88 Å². The number of amides is 1. The molecule has 3 aromatic rings. The predicted molar refractivity (Wildman–Crippen MR) is 111 cm³/mol. The van der Waals surface area contributed by atoms with E-state index in [4.69, 9.17) is 21.0 Å². The summed E-state index contributed by atoms with van der Waals surface area (Å²) in [6.07, 6.45) is 0.823. The van der Waals surface area contributed by atoms with Gasteiger partial charge in [-0.15, -0.1) is 0 Å². The lowest BCUT2D eigenvalue weighted by molar-refractivity contribution is 0.0958. The third-order valence-electron chi connectivity index (χ3n) is 3.93. The highest BCUT2D eigenvalue weighted by molar-refractivity contribution is 9.10. The van der Waals surface area contributed by atoms with Crippen LogP contribution < -0.4 is 4.90 Å². The predicted octanol–water partition coefficient (Wildman–Crippen LogP) is 5.21. The van der Waals surface area contributed by atoms with Gasteiger partial charge in [0.2, 0.25) is 0 Å². The highest BCUT2D eigenvalue weighted by atomic mass is 79.9. The lowest BCUT2D eigenvalue weighted by Crippen LogP contribution is -2.33. The van der Waals surface area contributed by atoms with Gasteiger partial charge in [-0.2, -0.15) is 0 Å². The number of furan rings is 1. The molecule has 1 amide bonds. The maximum Gasteiger partial charge on any atom is 0.295 e. The molecule has 2 aromatic heterocycles. The van der Waals surface area contributed by atoms with Crippen molar-refractivity contribution < 1.29 is 9.21 Å². The number of halogens is 2. The maximum atomic E-state index is 13.0. The van der Waals surface area contributed by atoms with Crippen molar-refractivity contribution in [3.05, 3.63) is 45.3 Å². The van der Waals surface area contributed by atoms with Gasteiger partial charge in [0, 0.05) is 6.54 Å². The molecule has 8 heteroatoms.